The topological polar surface area (TPSA) is 20.2 Å². The van der Waals surface area contributed by atoms with Gasteiger partial charge >= 0.3 is 0 Å². The van der Waals surface area contributed by atoms with Crippen molar-refractivity contribution >= 4 is 15.9 Å². The Labute approximate surface area is 112 Å². The molecule has 0 saturated carbocycles. The fourth-order valence-corrected chi connectivity index (χ4v) is 2.11. The van der Waals surface area contributed by atoms with Gasteiger partial charge in [-0.3, -0.25) is 0 Å². The van der Waals surface area contributed by atoms with E-state index in [4.69, 9.17) is 0 Å². The van der Waals surface area contributed by atoms with Gasteiger partial charge in [0.15, 0.2) is 0 Å². The average Bonchev–Trinajstić information content (AvgIpc) is 2.32. The largest absolute Gasteiger partial charge is 0.384 e. The highest BCUT2D eigenvalue weighted by Gasteiger charge is 2.16. The fraction of sp³-hybridized carbons (Fsp3) is 0.143. The van der Waals surface area contributed by atoms with Crippen LogP contribution in [0.5, 0.6) is 0 Å². The van der Waals surface area contributed by atoms with Crippen molar-refractivity contribution in [3.05, 3.63) is 69.2 Å². The molecule has 94 valence electrons. The van der Waals surface area contributed by atoms with E-state index in [-0.39, 0.29) is 10.0 Å². The summed E-state index contributed by atoms with van der Waals surface area (Å²) in [6.45, 7) is 1.77. The van der Waals surface area contributed by atoms with Crippen molar-refractivity contribution in [3.63, 3.8) is 0 Å². The third-order valence-electron chi connectivity index (χ3n) is 2.71. The van der Waals surface area contributed by atoms with E-state index < -0.39 is 17.7 Å². The monoisotopic (exact) mass is 312 g/mol. The van der Waals surface area contributed by atoms with E-state index in [0.29, 0.717) is 5.56 Å². The molecule has 0 aromatic heterocycles. The van der Waals surface area contributed by atoms with Crippen molar-refractivity contribution in [2.24, 2.45) is 0 Å². The Morgan fingerprint density at radius 2 is 1.78 bits per heavy atom. The van der Waals surface area contributed by atoms with Gasteiger partial charge in [0.2, 0.25) is 0 Å². The Kier molecular flexibility index (Phi) is 3.78. The van der Waals surface area contributed by atoms with Crippen molar-refractivity contribution in [2.75, 3.05) is 0 Å². The lowest BCUT2D eigenvalue weighted by Crippen LogP contribution is -2.03. The lowest BCUT2D eigenvalue weighted by Gasteiger charge is -2.13. The van der Waals surface area contributed by atoms with Gasteiger partial charge in [0.05, 0.1) is 4.47 Å². The molecule has 0 aliphatic rings. The van der Waals surface area contributed by atoms with Crippen LogP contribution in [0.2, 0.25) is 0 Å². The van der Waals surface area contributed by atoms with Gasteiger partial charge in [-0.05, 0) is 52.2 Å². The maximum atomic E-state index is 13.7. The Morgan fingerprint density at radius 1 is 1.06 bits per heavy atom. The second-order valence-corrected chi connectivity index (χ2v) is 4.96. The van der Waals surface area contributed by atoms with E-state index in [1.807, 2.05) is 0 Å². The highest BCUT2D eigenvalue weighted by atomic mass is 79.9. The summed E-state index contributed by atoms with van der Waals surface area (Å²) >= 11 is 3.04. The molecule has 0 amide bonds. The minimum absolute atomic E-state index is 0.180. The summed E-state index contributed by atoms with van der Waals surface area (Å²) in [5.74, 6) is -0.890. The van der Waals surface area contributed by atoms with Crippen LogP contribution in [0.1, 0.15) is 22.8 Å². The molecule has 0 spiro atoms. The molecule has 1 N–H and O–H groups in total. The first-order valence-corrected chi connectivity index (χ1v) is 6.17. The van der Waals surface area contributed by atoms with E-state index >= 15 is 0 Å². The molecule has 4 heteroatoms. The zero-order chi connectivity index (χ0) is 13.3. The van der Waals surface area contributed by atoms with Crippen molar-refractivity contribution in [1.82, 2.24) is 0 Å². The summed E-state index contributed by atoms with van der Waals surface area (Å²) in [4.78, 5) is 0. The van der Waals surface area contributed by atoms with Crippen molar-refractivity contribution in [3.8, 4) is 0 Å². The number of aliphatic hydroxyl groups is 1. The third kappa shape index (κ3) is 2.60. The number of halogens is 3. The van der Waals surface area contributed by atoms with Crippen LogP contribution in [-0.4, -0.2) is 5.11 Å². The van der Waals surface area contributed by atoms with Gasteiger partial charge < -0.3 is 5.11 Å². The van der Waals surface area contributed by atoms with E-state index in [2.05, 4.69) is 15.9 Å². The lowest BCUT2D eigenvalue weighted by atomic mass is 10.00. The molecule has 2 rings (SSSR count). The van der Waals surface area contributed by atoms with Gasteiger partial charge in [0, 0.05) is 5.56 Å². The van der Waals surface area contributed by atoms with E-state index in [9.17, 15) is 13.9 Å². The minimum atomic E-state index is -1.11. The van der Waals surface area contributed by atoms with Crippen LogP contribution in [0.25, 0.3) is 0 Å². The highest BCUT2D eigenvalue weighted by Crippen LogP contribution is 2.27. The number of aryl methyl sites for hydroxylation is 1. The highest BCUT2D eigenvalue weighted by molar-refractivity contribution is 9.10. The van der Waals surface area contributed by atoms with Crippen LogP contribution >= 0.6 is 15.9 Å². The van der Waals surface area contributed by atoms with Gasteiger partial charge in [0.25, 0.3) is 0 Å². The summed E-state index contributed by atoms with van der Waals surface area (Å²) in [5, 5.41) is 10.1. The first-order chi connectivity index (χ1) is 8.49. The molecule has 18 heavy (non-hydrogen) atoms. The first-order valence-electron chi connectivity index (χ1n) is 5.38. The van der Waals surface area contributed by atoms with Crippen LogP contribution < -0.4 is 0 Å². The maximum Gasteiger partial charge on any atom is 0.137 e. The smallest absolute Gasteiger partial charge is 0.137 e. The molecular formula is C14H11BrF2O. The van der Waals surface area contributed by atoms with Crippen LogP contribution in [0, 0.1) is 18.6 Å². The zero-order valence-electron chi connectivity index (χ0n) is 9.62. The molecule has 1 nitrogen and oxygen atoms in total. The number of hydrogen-bond donors (Lipinski definition) is 1. The Balaban J connectivity index is 2.41. The molecule has 0 heterocycles. The third-order valence-corrected chi connectivity index (χ3v) is 3.32. The molecule has 2 aromatic rings. The van der Waals surface area contributed by atoms with Gasteiger partial charge in [-0.25, -0.2) is 8.78 Å². The molecule has 0 bridgehead atoms. The zero-order valence-corrected chi connectivity index (χ0v) is 11.2. The van der Waals surface area contributed by atoms with Gasteiger partial charge in [0.1, 0.15) is 17.7 Å². The molecule has 0 radical (unpaired) electrons. The van der Waals surface area contributed by atoms with Crippen molar-refractivity contribution < 1.29 is 13.9 Å². The van der Waals surface area contributed by atoms with Crippen molar-refractivity contribution in [1.29, 1.82) is 0 Å². The minimum Gasteiger partial charge on any atom is -0.384 e. The summed E-state index contributed by atoms with van der Waals surface area (Å²) in [6.07, 6.45) is -1.11. The second-order valence-electron chi connectivity index (χ2n) is 4.10. The molecule has 0 saturated heterocycles. The van der Waals surface area contributed by atoms with Crippen LogP contribution in [0.3, 0.4) is 0 Å². The number of hydrogen-bond acceptors (Lipinski definition) is 1. The first kappa shape index (κ1) is 13.2. The average molecular weight is 313 g/mol. The molecular weight excluding hydrogens is 302 g/mol. The Bertz CT molecular complexity index is 584. The Hall–Kier alpha value is -1.26. The summed E-state index contributed by atoms with van der Waals surface area (Å²) in [7, 11) is 0. The molecule has 0 fully saturated rings. The molecule has 2 aromatic carbocycles. The van der Waals surface area contributed by atoms with Crippen LogP contribution in [0.4, 0.5) is 8.78 Å². The Morgan fingerprint density at radius 3 is 2.39 bits per heavy atom. The SMILES string of the molecule is Cc1ccc(C(O)c2ccc(F)c(Br)c2)c(F)c1. The van der Waals surface area contributed by atoms with E-state index in [0.717, 1.165) is 5.56 Å². The molecule has 0 aliphatic heterocycles. The summed E-state index contributed by atoms with van der Waals surface area (Å²) < 4.78 is 27.1. The lowest BCUT2D eigenvalue weighted by molar-refractivity contribution is 0.214. The predicted octanol–water partition coefficient (Wildman–Crippen LogP) is 4.12. The van der Waals surface area contributed by atoms with Crippen molar-refractivity contribution in [2.45, 2.75) is 13.0 Å². The normalized spacial score (nSPS) is 12.5. The second kappa shape index (κ2) is 5.16. The number of aliphatic hydroxyl groups excluding tert-OH is 1. The maximum absolute atomic E-state index is 13.7. The molecule has 1 atom stereocenters. The van der Waals surface area contributed by atoms with Gasteiger partial charge in [-0.1, -0.05) is 18.2 Å². The van der Waals surface area contributed by atoms with Gasteiger partial charge in [-0.2, -0.15) is 0 Å². The standard InChI is InChI=1S/C14H11BrF2O/c1-8-2-4-10(13(17)6-8)14(18)9-3-5-12(16)11(15)7-9/h2-7,14,18H,1H3. The fourth-order valence-electron chi connectivity index (χ4n) is 1.72. The number of benzene rings is 2. The summed E-state index contributed by atoms with van der Waals surface area (Å²) in [5.41, 5.74) is 1.40. The van der Waals surface area contributed by atoms with E-state index in [1.54, 1.807) is 13.0 Å². The van der Waals surface area contributed by atoms with Gasteiger partial charge in [-0.15, -0.1) is 0 Å². The van der Waals surface area contributed by atoms with E-state index in [1.165, 1.54) is 30.3 Å². The number of rotatable bonds is 2. The van der Waals surface area contributed by atoms with Crippen LogP contribution in [0.15, 0.2) is 40.9 Å². The quantitative estimate of drug-likeness (QED) is 0.884. The molecule has 0 aliphatic carbocycles. The molecule has 1 unspecified atom stereocenters. The summed E-state index contributed by atoms with van der Waals surface area (Å²) in [6, 6.07) is 8.72. The van der Waals surface area contributed by atoms with Crippen LogP contribution in [-0.2, 0) is 0 Å². The predicted molar refractivity (Wildman–Crippen MR) is 69.3 cm³/mol.